The molecule has 0 aromatic carbocycles. The van der Waals surface area contributed by atoms with Gasteiger partial charge in [-0.15, -0.1) is 11.3 Å². The van der Waals surface area contributed by atoms with E-state index in [-0.39, 0.29) is 18.5 Å². The van der Waals surface area contributed by atoms with Crippen LogP contribution in [-0.2, 0) is 9.53 Å². The Morgan fingerprint density at radius 2 is 2.00 bits per heavy atom. The maximum atomic E-state index is 12.1. The molecule has 1 aromatic rings. The average molecular weight is 382 g/mol. The molecule has 0 saturated carbocycles. The van der Waals surface area contributed by atoms with Crippen LogP contribution >= 0.6 is 11.3 Å². The minimum Gasteiger partial charge on any atom is -0.444 e. The molecule has 1 fully saturated rings. The largest absolute Gasteiger partial charge is 0.444 e. The minimum atomic E-state index is -0.576. The maximum absolute atomic E-state index is 12.1. The van der Waals surface area contributed by atoms with Crippen LogP contribution in [0.1, 0.15) is 51.5 Å². The second kappa shape index (κ2) is 9.37. The molecule has 26 heavy (non-hydrogen) atoms. The third-order valence-electron chi connectivity index (χ3n) is 4.42. The van der Waals surface area contributed by atoms with E-state index >= 15 is 0 Å². The highest BCUT2D eigenvalue weighted by Gasteiger charge is 2.26. The Balaban J connectivity index is 1.83. The van der Waals surface area contributed by atoms with Gasteiger partial charge in [-0.3, -0.25) is 9.69 Å². The predicted octanol–water partition coefficient (Wildman–Crippen LogP) is 3.16. The molecule has 146 valence electrons. The third kappa shape index (κ3) is 6.96. The van der Waals surface area contributed by atoms with Gasteiger partial charge < -0.3 is 15.4 Å². The molecule has 0 radical (unpaired) electrons. The second-order valence-corrected chi connectivity index (χ2v) is 8.89. The van der Waals surface area contributed by atoms with E-state index in [4.69, 9.17) is 4.74 Å². The first-order valence-corrected chi connectivity index (χ1v) is 10.1. The Morgan fingerprint density at radius 3 is 2.58 bits per heavy atom. The van der Waals surface area contributed by atoms with Gasteiger partial charge in [-0.2, -0.15) is 0 Å². The van der Waals surface area contributed by atoms with Gasteiger partial charge in [0.2, 0.25) is 5.91 Å². The molecule has 1 atom stereocenters. The first-order chi connectivity index (χ1) is 12.2. The molecule has 0 aliphatic carbocycles. The summed E-state index contributed by atoms with van der Waals surface area (Å²) in [7, 11) is 0. The summed E-state index contributed by atoms with van der Waals surface area (Å²) in [6.07, 6.45) is 1.80. The van der Waals surface area contributed by atoms with Crippen molar-refractivity contribution in [3.05, 3.63) is 22.4 Å². The van der Waals surface area contributed by atoms with Crippen molar-refractivity contribution in [2.75, 3.05) is 26.2 Å². The molecule has 2 heterocycles. The fourth-order valence-corrected chi connectivity index (χ4v) is 3.83. The number of alkyl carbamates (subject to hydrolysis) is 1. The summed E-state index contributed by atoms with van der Waals surface area (Å²) in [5, 5.41) is 7.52. The highest BCUT2D eigenvalue weighted by Crippen LogP contribution is 2.28. The second-order valence-electron chi connectivity index (χ2n) is 7.91. The van der Waals surface area contributed by atoms with Crippen molar-refractivity contribution in [1.82, 2.24) is 15.5 Å². The first kappa shape index (κ1) is 20.7. The number of rotatable bonds is 6. The number of carbonyl (C=O) groups is 2. The number of hydrogen-bond acceptors (Lipinski definition) is 5. The predicted molar refractivity (Wildman–Crippen MR) is 104 cm³/mol. The maximum Gasteiger partial charge on any atom is 0.408 e. The van der Waals surface area contributed by atoms with E-state index in [0.717, 1.165) is 19.0 Å². The van der Waals surface area contributed by atoms with Gasteiger partial charge in [0.1, 0.15) is 5.60 Å². The number of amides is 2. The number of likely N-dealkylation sites (tertiary alicyclic amines) is 1. The minimum absolute atomic E-state index is 0.0803. The van der Waals surface area contributed by atoms with Gasteiger partial charge in [0.05, 0.1) is 12.6 Å². The number of piperidine rings is 1. The third-order valence-corrected chi connectivity index (χ3v) is 5.39. The molecule has 2 rings (SSSR count). The van der Waals surface area contributed by atoms with E-state index in [1.165, 1.54) is 17.7 Å². The Labute approximate surface area is 160 Å². The quantitative estimate of drug-likeness (QED) is 0.794. The van der Waals surface area contributed by atoms with E-state index in [2.05, 4.69) is 33.9 Å². The molecule has 1 aliphatic heterocycles. The first-order valence-electron chi connectivity index (χ1n) is 9.25. The Hall–Kier alpha value is -1.60. The summed E-state index contributed by atoms with van der Waals surface area (Å²) in [6.45, 7) is 10.2. The van der Waals surface area contributed by atoms with Gasteiger partial charge in [0.15, 0.2) is 0 Å². The van der Waals surface area contributed by atoms with E-state index < -0.39 is 11.7 Å². The fourth-order valence-electron chi connectivity index (χ4n) is 2.97. The van der Waals surface area contributed by atoms with Gasteiger partial charge in [0.25, 0.3) is 0 Å². The molecule has 1 unspecified atom stereocenters. The van der Waals surface area contributed by atoms with Crippen LogP contribution in [0.15, 0.2) is 17.5 Å². The van der Waals surface area contributed by atoms with Crippen molar-refractivity contribution < 1.29 is 14.3 Å². The van der Waals surface area contributed by atoms with Crippen LogP contribution in [0.3, 0.4) is 0 Å². The van der Waals surface area contributed by atoms with Gasteiger partial charge in [0, 0.05) is 11.4 Å². The van der Waals surface area contributed by atoms with Gasteiger partial charge in [-0.1, -0.05) is 13.0 Å². The van der Waals surface area contributed by atoms with Crippen LogP contribution in [0.4, 0.5) is 4.79 Å². The lowest BCUT2D eigenvalue weighted by Crippen LogP contribution is -2.44. The van der Waals surface area contributed by atoms with Crippen molar-refractivity contribution >= 4 is 23.3 Å². The topological polar surface area (TPSA) is 70.7 Å². The van der Waals surface area contributed by atoms with Crippen molar-refractivity contribution in [1.29, 1.82) is 0 Å². The van der Waals surface area contributed by atoms with Crippen LogP contribution < -0.4 is 10.6 Å². The zero-order valence-corrected chi connectivity index (χ0v) is 17.0. The Morgan fingerprint density at radius 1 is 1.31 bits per heavy atom. The lowest BCUT2D eigenvalue weighted by molar-refractivity contribution is -0.120. The molecule has 1 aromatic heterocycles. The summed E-state index contributed by atoms with van der Waals surface area (Å²) >= 11 is 1.72. The molecule has 2 N–H and O–H groups in total. The normalized spacial score (nSPS) is 17.5. The van der Waals surface area contributed by atoms with Crippen molar-refractivity contribution in [3.63, 3.8) is 0 Å². The van der Waals surface area contributed by atoms with Crippen molar-refractivity contribution in [3.8, 4) is 0 Å². The molecular formula is C19H31N3O3S. The number of hydrogen-bond donors (Lipinski definition) is 2. The number of nitrogens with zero attached hydrogens (tertiary/aromatic N) is 1. The number of thiophene rings is 1. The van der Waals surface area contributed by atoms with Crippen LogP contribution in [-0.4, -0.2) is 48.7 Å². The molecule has 0 spiro atoms. The zero-order valence-electron chi connectivity index (χ0n) is 16.2. The monoisotopic (exact) mass is 381 g/mol. The lowest BCUT2D eigenvalue weighted by Gasteiger charge is -2.36. The fraction of sp³-hybridized carbons (Fsp3) is 0.684. The Kier molecular flexibility index (Phi) is 7.46. The van der Waals surface area contributed by atoms with Crippen LogP contribution in [0.25, 0.3) is 0 Å². The average Bonchev–Trinajstić information content (AvgIpc) is 3.07. The summed E-state index contributed by atoms with van der Waals surface area (Å²) in [5.41, 5.74) is -0.573. The van der Waals surface area contributed by atoms with Crippen LogP contribution in [0.2, 0.25) is 0 Å². The molecule has 0 bridgehead atoms. The number of carbonyl (C=O) groups excluding carboxylic acids is 2. The molecular weight excluding hydrogens is 350 g/mol. The van der Waals surface area contributed by atoms with Crippen LogP contribution in [0, 0.1) is 5.92 Å². The molecule has 1 aliphatic rings. The SMILES string of the molecule is CC1CCN(C(CNC(=O)CNC(=O)OC(C)(C)C)c2cccs2)CC1. The number of ether oxygens (including phenoxy) is 1. The molecule has 1 saturated heterocycles. The highest BCUT2D eigenvalue weighted by atomic mass is 32.1. The standard InChI is InChI=1S/C19H31N3O3S/c1-14-7-9-22(10-8-14)15(16-6-5-11-26-16)12-20-17(23)13-21-18(24)25-19(2,3)4/h5-6,11,14-15H,7-10,12-13H2,1-4H3,(H,20,23)(H,21,24). The molecule has 6 nitrogen and oxygen atoms in total. The summed E-state index contributed by atoms with van der Waals surface area (Å²) in [6, 6.07) is 4.36. The zero-order chi connectivity index (χ0) is 19.2. The van der Waals surface area contributed by atoms with Crippen LogP contribution in [0.5, 0.6) is 0 Å². The number of nitrogens with one attached hydrogen (secondary N) is 2. The summed E-state index contributed by atoms with van der Waals surface area (Å²) < 4.78 is 5.14. The summed E-state index contributed by atoms with van der Waals surface area (Å²) in [4.78, 5) is 27.5. The van der Waals surface area contributed by atoms with E-state index in [9.17, 15) is 9.59 Å². The van der Waals surface area contributed by atoms with Gasteiger partial charge in [-0.05, 0) is 64.1 Å². The van der Waals surface area contributed by atoms with E-state index in [1.54, 1.807) is 32.1 Å². The van der Waals surface area contributed by atoms with Crippen molar-refractivity contribution in [2.45, 2.75) is 52.2 Å². The lowest BCUT2D eigenvalue weighted by atomic mass is 9.97. The van der Waals surface area contributed by atoms with E-state index in [0.29, 0.717) is 6.54 Å². The Bertz CT molecular complexity index is 575. The van der Waals surface area contributed by atoms with Gasteiger partial charge >= 0.3 is 6.09 Å². The smallest absolute Gasteiger partial charge is 0.408 e. The molecule has 2 amide bonds. The molecule has 7 heteroatoms. The van der Waals surface area contributed by atoms with Crippen molar-refractivity contribution in [2.24, 2.45) is 5.92 Å². The summed E-state index contributed by atoms with van der Waals surface area (Å²) in [5.74, 6) is 0.561. The highest BCUT2D eigenvalue weighted by molar-refractivity contribution is 7.10. The van der Waals surface area contributed by atoms with E-state index in [1.807, 2.05) is 6.07 Å². The van der Waals surface area contributed by atoms with Gasteiger partial charge in [-0.25, -0.2) is 4.79 Å².